The van der Waals surface area contributed by atoms with Crippen molar-refractivity contribution < 1.29 is 38.6 Å². The van der Waals surface area contributed by atoms with E-state index in [9.17, 15) is 5.11 Å². The Morgan fingerprint density at radius 3 is 3.00 bits per heavy atom. The van der Waals surface area contributed by atoms with Gasteiger partial charge in [0.05, 0.1) is 18.6 Å². The van der Waals surface area contributed by atoms with Crippen LogP contribution in [0.2, 0.25) is 0 Å². The summed E-state index contributed by atoms with van der Waals surface area (Å²) in [5, 5.41) is 9.97. The molecule has 0 bridgehead atoms. The quantitative estimate of drug-likeness (QED) is 0.466. The first-order chi connectivity index (χ1) is 10.1. The lowest BCUT2D eigenvalue weighted by Gasteiger charge is -2.35. The van der Waals surface area contributed by atoms with Crippen molar-refractivity contribution in [1.82, 2.24) is 4.90 Å². The van der Waals surface area contributed by atoms with Gasteiger partial charge in [-0.05, 0) is 31.6 Å². The average Bonchev–Trinajstić information content (AvgIpc) is 2.72. The van der Waals surface area contributed by atoms with E-state index in [0.717, 1.165) is 31.0 Å². The molecule has 3 aliphatic rings. The van der Waals surface area contributed by atoms with E-state index in [2.05, 4.69) is 24.1 Å². The maximum absolute atomic E-state index is 9.97. The van der Waals surface area contributed by atoms with Crippen LogP contribution in [0.3, 0.4) is 0 Å². The van der Waals surface area contributed by atoms with Crippen LogP contribution in [-0.4, -0.2) is 42.9 Å². The molecule has 3 atom stereocenters. The molecule has 4 rings (SSSR count). The summed E-state index contributed by atoms with van der Waals surface area (Å²) in [4.78, 5) is 2.35. The SMILES string of the molecule is COc1ccc2c3c1OC1CC(O)C=CC31CCN(C)C2.[I-]. The fourth-order valence-corrected chi connectivity index (χ4v) is 4.08. The molecular weight excluding hydrogens is 393 g/mol. The maximum Gasteiger partial charge on any atom is 0.166 e. The van der Waals surface area contributed by atoms with E-state index in [-0.39, 0.29) is 35.5 Å². The van der Waals surface area contributed by atoms with Gasteiger partial charge < -0.3 is 43.5 Å². The number of methoxy groups -OCH3 is 1. The van der Waals surface area contributed by atoms with Crippen molar-refractivity contribution in [2.24, 2.45) is 0 Å². The Kier molecular flexibility index (Phi) is 4.16. The summed E-state index contributed by atoms with van der Waals surface area (Å²) < 4.78 is 11.8. The number of hydrogen-bond acceptors (Lipinski definition) is 4. The molecule has 22 heavy (non-hydrogen) atoms. The Labute approximate surface area is 148 Å². The van der Waals surface area contributed by atoms with Gasteiger partial charge in [-0.2, -0.15) is 0 Å². The van der Waals surface area contributed by atoms with E-state index in [1.165, 1.54) is 11.1 Å². The first-order valence-electron chi connectivity index (χ1n) is 7.57. The number of rotatable bonds is 1. The molecule has 5 heteroatoms. The van der Waals surface area contributed by atoms with Crippen LogP contribution >= 0.6 is 0 Å². The van der Waals surface area contributed by atoms with Crippen LogP contribution in [0.1, 0.15) is 24.0 Å². The van der Waals surface area contributed by atoms with Crippen molar-refractivity contribution in [2.75, 3.05) is 20.7 Å². The van der Waals surface area contributed by atoms with Crippen LogP contribution in [0.5, 0.6) is 11.5 Å². The lowest BCUT2D eigenvalue weighted by molar-refractivity contribution is -0.00000856. The van der Waals surface area contributed by atoms with Gasteiger partial charge in [0.25, 0.3) is 0 Å². The van der Waals surface area contributed by atoms with E-state index < -0.39 is 6.10 Å². The second-order valence-electron chi connectivity index (χ2n) is 6.43. The molecule has 0 saturated carbocycles. The highest BCUT2D eigenvalue weighted by atomic mass is 127. The highest BCUT2D eigenvalue weighted by molar-refractivity contribution is 5.60. The van der Waals surface area contributed by atoms with Gasteiger partial charge >= 0.3 is 0 Å². The third-order valence-corrected chi connectivity index (χ3v) is 5.15. The van der Waals surface area contributed by atoms with Gasteiger partial charge in [0.1, 0.15) is 6.10 Å². The molecular formula is C17H21INO3-. The Bertz CT molecular complexity index is 618. The molecule has 1 aromatic rings. The lowest BCUT2D eigenvalue weighted by atomic mass is 9.69. The Morgan fingerprint density at radius 2 is 2.23 bits per heavy atom. The van der Waals surface area contributed by atoms with Crippen LogP contribution in [0, 0.1) is 0 Å². The number of hydrogen-bond donors (Lipinski definition) is 1. The van der Waals surface area contributed by atoms with Crippen molar-refractivity contribution in [1.29, 1.82) is 0 Å². The molecule has 120 valence electrons. The summed E-state index contributed by atoms with van der Waals surface area (Å²) in [5.41, 5.74) is 2.48. The molecule has 1 N–H and O–H groups in total. The van der Waals surface area contributed by atoms with Crippen LogP contribution in [0.15, 0.2) is 24.3 Å². The lowest BCUT2D eigenvalue weighted by Crippen LogP contribution is -3.00. The van der Waals surface area contributed by atoms with E-state index in [4.69, 9.17) is 9.47 Å². The number of nitrogens with zero attached hydrogens (tertiary/aromatic N) is 1. The molecule has 1 aliphatic carbocycles. The maximum atomic E-state index is 9.97. The molecule has 0 fully saturated rings. The van der Waals surface area contributed by atoms with Gasteiger partial charge in [-0.3, -0.25) is 0 Å². The zero-order chi connectivity index (χ0) is 14.6. The minimum Gasteiger partial charge on any atom is -1.00 e. The zero-order valence-electron chi connectivity index (χ0n) is 12.9. The smallest absolute Gasteiger partial charge is 0.166 e. The number of halogens is 1. The van der Waals surface area contributed by atoms with Crippen molar-refractivity contribution in [3.05, 3.63) is 35.4 Å². The van der Waals surface area contributed by atoms with E-state index >= 15 is 0 Å². The van der Waals surface area contributed by atoms with Gasteiger partial charge in [-0.25, -0.2) is 0 Å². The van der Waals surface area contributed by atoms with Crippen molar-refractivity contribution in [3.8, 4) is 11.5 Å². The average molecular weight is 414 g/mol. The number of benzene rings is 1. The first-order valence-corrected chi connectivity index (χ1v) is 7.57. The minimum absolute atomic E-state index is 0. The molecule has 0 amide bonds. The minimum atomic E-state index is -0.412. The summed E-state index contributed by atoms with van der Waals surface area (Å²) >= 11 is 0. The van der Waals surface area contributed by atoms with Crippen LogP contribution in [0.4, 0.5) is 0 Å². The van der Waals surface area contributed by atoms with Crippen molar-refractivity contribution in [3.63, 3.8) is 0 Å². The molecule has 2 heterocycles. The summed E-state index contributed by atoms with van der Waals surface area (Å²) in [5.74, 6) is 1.68. The topological polar surface area (TPSA) is 41.9 Å². The van der Waals surface area contributed by atoms with Gasteiger partial charge in [-0.15, -0.1) is 0 Å². The molecule has 0 saturated heterocycles. The Balaban J connectivity index is 0.00000144. The third-order valence-electron chi connectivity index (χ3n) is 5.15. The Hall–Kier alpha value is -0.790. The number of ether oxygens (including phenoxy) is 2. The second-order valence-corrected chi connectivity index (χ2v) is 6.43. The molecule has 3 unspecified atom stereocenters. The normalized spacial score (nSPS) is 32.3. The molecule has 0 aromatic heterocycles. The van der Waals surface area contributed by atoms with Crippen molar-refractivity contribution in [2.45, 2.75) is 37.0 Å². The zero-order valence-corrected chi connectivity index (χ0v) is 15.0. The summed E-state index contributed by atoms with van der Waals surface area (Å²) in [6, 6.07) is 4.16. The predicted molar refractivity (Wildman–Crippen MR) is 79.8 cm³/mol. The molecule has 1 aromatic carbocycles. The highest BCUT2D eigenvalue weighted by Crippen LogP contribution is 2.55. The summed E-state index contributed by atoms with van der Waals surface area (Å²) in [6.07, 6.45) is 5.38. The number of aliphatic hydroxyl groups excluding tert-OH is 1. The van der Waals surface area contributed by atoms with E-state index in [1.807, 2.05) is 12.1 Å². The van der Waals surface area contributed by atoms with Gasteiger partial charge in [0.2, 0.25) is 0 Å². The van der Waals surface area contributed by atoms with Gasteiger partial charge in [0.15, 0.2) is 11.5 Å². The van der Waals surface area contributed by atoms with Crippen LogP contribution in [0.25, 0.3) is 0 Å². The van der Waals surface area contributed by atoms with E-state index in [1.54, 1.807) is 7.11 Å². The first kappa shape index (κ1) is 16.1. The van der Waals surface area contributed by atoms with Gasteiger partial charge in [0, 0.05) is 18.5 Å². The fourth-order valence-electron chi connectivity index (χ4n) is 4.08. The second kappa shape index (κ2) is 5.69. The van der Waals surface area contributed by atoms with E-state index in [0.29, 0.717) is 6.42 Å². The summed E-state index contributed by atoms with van der Waals surface area (Å²) in [6.45, 7) is 1.96. The fraction of sp³-hybridized carbons (Fsp3) is 0.529. The molecule has 4 nitrogen and oxygen atoms in total. The Morgan fingerprint density at radius 1 is 1.41 bits per heavy atom. The monoisotopic (exact) mass is 414 g/mol. The van der Waals surface area contributed by atoms with Crippen LogP contribution in [-0.2, 0) is 12.0 Å². The molecule has 1 spiro atoms. The standard InChI is InChI=1S/C17H21NO3.HI/c1-18-8-7-17-6-5-12(19)9-14(17)21-16-13(20-2)4-3-11(10-18)15(16)17;/h3-6,12,14,19H,7-10H2,1-2H3;1H/p-1. The molecule has 2 aliphatic heterocycles. The third kappa shape index (κ3) is 2.17. The largest absolute Gasteiger partial charge is 1.00 e. The van der Waals surface area contributed by atoms with Gasteiger partial charge in [-0.1, -0.05) is 18.2 Å². The predicted octanol–water partition coefficient (Wildman–Crippen LogP) is -1.15. The highest BCUT2D eigenvalue weighted by Gasteiger charge is 2.52. The van der Waals surface area contributed by atoms with Crippen LogP contribution < -0.4 is 33.5 Å². The summed E-state index contributed by atoms with van der Waals surface area (Å²) in [7, 11) is 3.84. The molecule has 0 radical (unpaired) electrons. The number of aliphatic hydroxyl groups is 1. The van der Waals surface area contributed by atoms with Crippen molar-refractivity contribution >= 4 is 0 Å².